The molecule has 4 heterocycles. The molecule has 0 spiro atoms. The second-order valence-corrected chi connectivity index (χ2v) is 15.3. The van der Waals surface area contributed by atoms with Crippen LogP contribution in [0.25, 0.3) is 15.8 Å². The van der Waals surface area contributed by atoms with Gasteiger partial charge in [-0.2, -0.15) is 5.10 Å². The molecule has 2 aromatic heterocycles. The minimum atomic E-state index is -0.305. The third-order valence-electron chi connectivity index (χ3n) is 9.82. The molecule has 2 fully saturated rings. The number of nitrogens with zero attached hydrogens (tertiary/aromatic N) is 3. The summed E-state index contributed by atoms with van der Waals surface area (Å²) >= 11 is 1.66. The number of amides is 2. The van der Waals surface area contributed by atoms with E-state index in [0.717, 1.165) is 47.3 Å². The van der Waals surface area contributed by atoms with E-state index >= 15 is 0 Å². The van der Waals surface area contributed by atoms with Gasteiger partial charge in [-0.15, -0.1) is 11.3 Å². The van der Waals surface area contributed by atoms with Gasteiger partial charge in [0.05, 0.1) is 17.9 Å². The summed E-state index contributed by atoms with van der Waals surface area (Å²) in [7, 11) is 0. The molecule has 2 atom stereocenters. The van der Waals surface area contributed by atoms with E-state index in [1.807, 2.05) is 60.0 Å². The first-order chi connectivity index (χ1) is 22.6. The van der Waals surface area contributed by atoms with E-state index < -0.39 is 0 Å². The first-order valence-corrected chi connectivity index (χ1v) is 17.6. The van der Waals surface area contributed by atoms with Gasteiger partial charge in [0.15, 0.2) is 5.78 Å². The van der Waals surface area contributed by atoms with E-state index in [2.05, 4.69) is 67.5 Å². The third kappa shape index (κ3) is 6.76. The van der Waals surface area contributed by atoms with Crippen LogP contribution in [0.5, 0.6) is 0 Å². The lowest BCUT2D eigenvalue weighted by Gasteiger charge is -2.38. The van der Waals surface area contributed by atoms with Crippen LogP contribution >= 0.6 is 11.3 Å². The molecule has 2 amide bonds. The van der Waals surface area contributed by atoms with Crippen molar-refractivity contribution in [2.24, 2.45) is 5.92 Å². The van der Waals surface area contributed by atoms with Gasteiger partial charge in [-0.3, -0.25) is 15.0 Å². The summed E-state index contributed by atoms with van der Waals surface area (Å²) in [6.45, 7) is 8.92. The van der Waals surface area contributed by atoms with Crippen molar-refractivity contribution in [3.05, 3.63) is 107 Å². The number of fused-ring (bicyclic) bond motifs is 3. The molecule has 2 N–H and O–H groups in total. The van der Waals surface area contributed by atoms with E-state index in [1.54, 1.807) is 16.0 Å². The fourth-order valence-electron chi connectivity index (χ4n) is 7.31. The molecule has 0 radical (unpaired) electrons. The summed E-state index contributed by atoms with van der Waals surface area (Å²) in [6.07, 6.45) is 5.62. The summed E-state index contributed by atoms with van der Waals surface area (Å²) in [6, 6.07) is 27.1. The first kappa shape index (κ1) is 31.3. The quantitative estimate of drug-likeness (QED) is 0.165. The van der Waals surface area contributed by atoms with Crippen molar-refractivity contribution in [3.63, 3.8) is 0 Å². The molecule has 242 valence electrons. The molecule has 2 aliphatic rings. The topological polar surface area (TPSA) is 79.3 Å². The van der Waals surface area contributed by atoms with Crippen LogP contribution < -0.4 is 10.6 Å². The molecule has 5 aromatic rings. The van der Waals surface area contributed by atoms with Crippen molar-refractivity contribution in [2.75, 3.05) is 17.2 Å². The van der Waals surface area contributed by atoms with Crippen LogP contribution in [-0.4, -0.2) is 45.1 Å². The van der Waals surface area contributed by atoms with Crippen LogP contribution in [0.2, 0.25) is 0 Å². The summed E-state index contributed by atoms with van der Waals surface area (Å²) in [5.41, 5.74) is 5.71. The Morgan fingerprint density at radius 1 is 0.915 bits per heavy atom. The molecular formula is C39H43N5O2S. The number of urea groups is 1. The van der Waals surface area contributed by atoms with E-state index in [1.165, 1.54) is 28.7 Å². The maximum atomic E-state index is 13.3. The van der Waals surface area contributed by atoms with Crippen molar-refractivity contribution in [3.8, 4) is 5.69 Å². The lowest BCUT2D eigenvalue weighted by molar-refractivity contribution is 0.0746. The number of hydrogen-bond donors (Lipinski definition) is 2. The zero-order chi connectivity index (χ0) is 32.7. The smallest absolute Gasteiger partial charge is 0.308 e. The number of piperidine rings is 1. The number of thiophene rings is 1. The van der Waals surface area contributed by atoms with Gasteiger partial charge in [0.2, 0.25) is 0 Å². The fourth-order valence-corrected chi connectivity index (χ4v) is 8.28. The molecule has 3 aromatic carbocycles. The van der Waals surface area contributed by atoms with Gasteiger partial charge in [0.25, 0.3) is 0 Å². The predicted molar refractivity (Wildman–Crippen MR) is 192 cm³/mol. The second kappa shape index (κ2) is 12.7. The van der Waals surface area contributed by atoms with Crippen molar-refractivity contribution >= 4 is 44.7 Å². The van der Waals surface area contributed by atoms with Crippen molar-refractivity contribution in [1.29, 1.82) is 0 Å². The van der Waals surface area contributed by atoms with Crippen molar-refractivity contribution in [2.45, 2.75) is 77.3 Å². The number of rotatable bonds is 8. The highest BCUT2D eigenvalue weighted by atomic mass is 32.1. The number of carbonyl (C=O) groups is 2. The summed E-state index contributed by atoms with van der Waals surface area (Å²) in [4.78, 5) is 29.0. The summed E-state index contributed by atoms with van der Waals surface area (Å²) in [5.74, 6) is 1.47. The number of aryl methyl sites for hydroxylation is 1. The number of benzene rings is 3. The van der Waals surface area contributed by atoms with Gasteiger partial charge in [0.1, 0.15) is 5.82 Å². The van der Waals surface area contributed by atoms with Crippen molar-refractivity contribution in [1.82, 2.24) is 14.7 Å². The van der Waals surface area contributed by atoms with Crippen LogP contribution in [0.3, 0.4) is 0 Å². The largest absolute Gasteiger partial charge is 0.324 e. The van der Waals surface area contributed by atoms with Gasteiger partial charge in [-0.05, 0) is 80.8 Å². The Balaban J connectivity index is 0.952. The molecule has 2 bridgehead atoms. The minimum absolute atomic E-state index is 0.161. The Bertz CT molecular complexity index is 1890. The van der Waals surface area contributed by atoms with Crippen LogP contribution in [0.15, 0.2) is 84.2 Å². The summed E-state index contributed by atoms with van der Waals surface area (Å²) in [5, 5.41) is 14.0. The Morgan fingerprint density at radius 2 is 1.62 bits per heavy atom. The zero-order valence-corrected chi connectivity index (χ0v) is 28.4. The van der Waals surface area contributed by atoms with Crippen LogP contribution in [-0.2, 0) is 11.8 Å². The fraction of sp³-hybridized carbons (Fsp3) is 0.359. The number of aromatic nitrogens is 2. The van der Waals surface area contributed by atoms with Gasteiger partial charge in [-0.25, -0.2) is 9.48 Å². The van der Waals surface area contributed by atoms with Gasteiger partial charge in [0, 0.05) is 50.3 Å². The molecule has 7 nitrogen and oxygen atoms in total. The first-order valence-electron chi connectivity index (χ1n) is 16.7. The second-order valence-electron chi connectivity index (χ2n) is 14.4. The number of Topliss-reactive ketones (excluding diaryl/α,β-unsaturated/α-hetero) is 1. The Hall–Kier alpha value is -4.27. The van der Waals surface area contributed by atoms with E-state index in [0.29, 0.717) is 30.4 Å². The number of hydrogen-bond acceptors (Lipinski definition) is 5. The van der Waals surface area contributed by atoms with Gasteiger partial charge >= 0.3 is 6.03 Å². The molecular weight excluding hydrogens is 603 g/mol. The molecule has 0 aliphatic carbocycles. The van der Waals surface area contributed by atoms with Crippen LogP contribution in [0, 0.1) is 12.8 Å². The highest BCUT2D eigenvalue weighted by Crippen LogP contribution is 2.40. The molecule has 0 saturated carbocycles. The molecule has 8 heteroatoms. The lowest BCUT2D eigenvalue weighted by atomic mass is 9.85. The number of carbonyl (C=O) groups excluding carboxylic acids is 2. The zero-order valence-electron chi connectivity index (χ0n) is 27.6. The number of anilines is 2. The molecule has 7 rings (SSSR count). The third-order valence-corrected chi connectivity index (χ3v) is 10.8. The van der Waals surface area contributed by atoms with Gasteiger partial charge in [-0.1, -0.05) is 68.8 Å². The molecule has 2 saturated heterocycles. The SMILES string of the molecule is Cc1ccc(-n2nc(C(C)(C)C)cc2NC(=O)Nc2ccc(CC3CC4CCC(C3)N4CC(=O)c3csc4ccccc34)cc2)cc1. The Morgan fingerprint density at radius 3 is 2.32 bits per heavy atom. The highest BCUT2D eigenvalue weighted by Gasteiger charge is 2.41. The molecule has 2 aliphatic heterocycles. The highest BCUT2D eigenvalue weighted by molar-refractivity contribution is 7.17. The Kier molecular flexibility index (Phi) is 8.49. The predicted octanol–water partition coefficient (Wildman–Crippen LogP) is 9.01. The summed E-state index contributed by atoms with van der Waals surface area (Å²) < 4.78 is 2.97. The van der Waals surface area contributed by atoms with Crippen molar-refractivity contribution < 1.29 is 9.59 Å². The van der Waals surface area contributed by atoms with Gasteiger partial charge < -0.3 is 5.32 Å². The van der Waals surface area contributed by atoms with Crippen LogP contribution in [0.1, 0.15) is 73.6 Å². The maximum absolute atomic E-state index is 13.3. The Labute approximate surface area is 281 Å². The monoisotopic (exact) mass is 645 g/mol. The average molecular weight is 646 g/mol. The number of nitrogens with one attached hydrogen (secondary N) is 2. The normalized spacial score (nSPS) is 19.6. The van der Waals surface area contributed by atoms with E-state index in [4.69, 9.17) is 5.10 Å². The standard InChI is InChI=1S/C39H43N5O2S/c1-25-9-15-29(16-10-25)44-37(22-36(42-44)39(2,3)4)41-38(46)40-28-13-11-26(12-14-28)19-27-20-30-17-18-31(21-27)43(30)23-34(45)33-24-47-35-8-6-5-7-32(33)35/h5-16,22,24,27,30-31H,17-21,23H2,1-4H3,(H2,40,41,46). The lowest BCUT2D eigenvalue weighted by Crippen LogP contribution is -2.45. The van der Waals surface area contributed by atoms with Crippen LogP contribution in [0.4, 0.5) is 16.3 Å². The maximum Gasteiger partial charge on any atom is 0.324 e. The minimum Gasteiger partial charge on any atom is -0.308 e. The average Bonchev–Trinajstić information content (AvgIpc) is 3.72. The van der Waals surface area contributed by atoms with E-state index in [9.17, 15) is 9.59 Å². The molecule has 47 heavy (non-hydrogen) atoms. The number of ketones is 1. The van der Waals surface area contributed by atoms with E-state index in [-0.39, 0.29) is 17.2 Å². The molecule has 2 unspecified atom stereocenters.